The number of hydrogen-bond acceptors (Lipinski definition) is 9. The van der Waals surface area contributed by atoms with Gasteiger partial charge in [0.05, 0.1) is 5.75 Å². The van der Waals surface area contributed by atoms with E-state index in [2.05, 4.69) is 25.2 Å². The normalized spacial score (nSPS) is 10.5. The minimum Gasteiger partial charge on any atom is -0.416 e. The molecule has 0 spiro atoms. The van der Waals surface area contributed by atoms with E-state index in [1.807, 2.05) is 0 Å². The number of thioether (sulfide) groups is 1. The number of aromatic nitrogens is 4. The van der Waals surface area contributed by atoms with Gasteiger partial charge in [-0.05, 0) is 0 Å². The maximum Gasteiger partial charge on any atom is 0.276 e. The van der Waals surface area contributed by atoms with Crippen LogP contribution in [0.5, 0.6) is 0 Å². The second-order valence-corrected chi connectivity index (χ2v) is 4.25. The number of hydrazine groups is 1. The van der Waals surface area contributed by atoms with Crippen molar-refractivity contribution in [2.75, 3.05) is 5.43 Å². The van der Waals surface area contributed by atoms with E-state index >= 15 is 0 Å². The molecule has 9 heteroatoms. The molecule has 0 radical (unpaired) electrons. The van der Waals surface area contributed by atoms with E-state index in [1.54, 1.807) is 6.92 Å². The van der Waals surface area contributed by atoms with Crippen LogP contribution in [0.4, 0.5) is 5.00 Å². The monoisotopic (exact) mass is 244 g/mol. The van der Waals surface area contributed by atoms with E-state index in [-0.39, 0.29) is 0 Å². The van der Waals surface area contributed by atoms with E-state index in [1.165, 1.54) is 23.3 Å². The van der Waals surface area contributed by atoms with Crippen LogP contribution in [0.1, 0.15) is 11.6 Å². The number of aryl methyl sites for hydroxylation is 1. The number of hydrogen-bond donors (Lipinski definition) is 2. The standard InChI is InChI=1S/C6H8N6OS2/c1-3-9-11-6(13-3)14-2-4-5(8-7)15-12-10-4/h8H,2,7H2,1H3. The number of anilines is 1. The van der Waals surface area contributed by atoms with Crippen molar-refractivity contribution in [1.82, 2.24) is 19.8 Å². The van der Waals surface area contributed by atoms with Crippen molar-refractivity contribution in [2.24, 2.45) is 5.84 Å². The molecule has 0 aliphatic carbocycles. The fourth-order valence-corrected chi connectivity index (χ4v) is 2.20. The van der Waals surface area contributed by atoms with Crippen LogP contribution in [0.25, 0.3) is 0 Å². The van der Waals surface area contributed by atoms with Crippen molar-refractivity contribution < 1.29 is 4.42 Å². The molecular formula is C6H8N6OS2. The van der Waals surface area contributed by atoms with Gasteiger partial charge in [-0.25, -0.2) is 5.84 Å². The Morgan fingerprint density at radius 3 is 3.00 bits per heavy atom. The first kappa shape index (κ1) is 10.3. The Morgan fingerprint density at radius 1 is 1.47 bits per heavy atom. The van der Waals surface area contributed by atoms with Gasteiger partial charge in [0, 0.05) is 18.5 Å². The molecule has 3 N–H and O–H groups in total. The highest BCUT2D eigenvalue weighted by Crippen LogP contribution is 2.25. The molecule has 7 nitrogen and oxygen atoms in total. The van der Waals surface area contributed by atoms with Gasteiger partial charge in [0.25, 0.3) is 5.22 Å². The second-order valence-electron chi connectivity index (χ2n) is 2.57. The summed E-state index contributed by atoms with van der Waals surface area (Å²) in [7, 11) is 0. The van der Waals surface area contributed by atoms with Crippen molar-refractivity contribution in [3.63, 3.8) is 0 Å². The Kier molecular flexibility index (Phi) is 3.14. The van der Waals surface area contributed by atoms with Gasteiger partial charge in [-0.2, -0.15) is 0 Å². The number of nitrogen functional groups attached to an aromatic ring is 1. The third-order valence-electron chi connectivity index (χ3n) is 1.53. The molecule has 2 aromatic rings. The molecule has 0 bridgehead atoms. The van der Waals surface area contributed by atoms with Crippen molar-refractivity contribution >= 4 is 28.3 Å². The first-order chi connectivity index (χ1) is 7.29. The van der Waals surface area contributed by atoms with Crippen molar-refractivity contribution in [1.29, 1.82) is 0 Å². The van der Waals surface area contributed by atoms with E-state index < -0.39 is 0 Å². The molecule has 2 aromatic heterocycles. The maximum absolute atomic E-state index is 5.29. The molecule has 0 aliphatic rings. The quantitative estimate of drug-likeness (QED) is 0.462. The van der Waals surface area contributed by atoms with Gasteiger partial charge in [0.2, 0.25) is 5.89 Å². The Hall–Kier alpha value is -1.19. The van der Waals surface area contributed by atoms with Crippen LogP contribution in [0.3, 0.4) is 0 Å². The topological polar surface area (TPSA) is 103 Å². The van der Waals surface area contributed by atoms with Crippen LogP contribution in [0.15, 0.2) is 9.64 Å². The minimum absolute atomic E-state index is 0.517. The second kappa shape index (κ2) is 4.55. The molecular weight excluding hydrogens is 236 g/mol. The van der Waals surface area contributed by atoms with E-state index in [4.69, 9.17) is 10.3 Å². The van der Waals surface area contributed by atoms with Gasteiger partial charge in [0.15, 0.2) is 0 Å². The summed E-state index contributed by atoms with van der Waals surface area (Å²) in [6.07, 6.45) is 0. The molecule has 0 amide bonds. The van der Waals surface area contributed by atoms with Gasteiger partial charge < -0.3 is 9.84 Å². The highest BCUT2D eigenvalue weighted by Gasteiger charge is 2.09. The molecule has 15 heavy (non-hydrogen) atoms. The SMILES string of the molecule is Cc1nnc(SCc2nnsc2NN)o1. The zero-order chi connectivity index (χ0) is 10.7. The van der Waals surface area contributed by atoms with Crippen molar-refractivity contribution in [3.8, 4) is 0 Å². The first-order valence-electron chi connectivity index (χ1n) is 4.00. The Labute approximate surface area is 93.6 Å². The highest BCUT2D eigenvalue weighted by molar-refractivity contribution is 7.98. The van der Waals surface area contributed by atoms with Crippen molar-refractivity contribution in [2.45, 2.75) is 17.9 Å². The first-order valence-corrected chi connectivity index (χ1v) is 5.76. The Bertz CT molecular complexity index is 440. The summed E-state index contributed by atoms with van der Waals surface area (Å²) in [4.78, 5) is 0. The molecule has 80 valence electrons. The summed E-state index contributed by atoms with van der Waals surface area (Å²) in [5.41, 5.74) is 3.31. The largest absolute Gasteiger partial charge is 0.416 e. The maximum atomic E-state index is 5.29. The fraction of sp³-hybridized carbons (Fsp3) is 0.333. The van der Waals surface area contributed by atoms with Gasteiger partial charge >= 0.3 is 0 Å². The zero-order valence-electron chi connectivity index (χ0n) is 7.80. The third kappa shape index (κ3) is 2.43. The summed E-state index contributed by atoms with van der Waals surface area (Å²) in [6, 6.07) is 0. The van der Waals surface area contributed by atoms with Crippen LogP contribution >= 0.6 is 23.3 Å². The highest BCUT2D eigenvalue weighted by atomic mass is 32.2. The lowest BCUT2D eigenvalue weighted by Crippen LogP contribution is -2.06. The summed E-state index contributed by atoms with van der Waals surface area (Å²) in [5.74, 6) is 6.43. The molecule has 0 unspecified atom stereocenters. The third-order valence-corrected chi connectivity index (χ3v) is 3.06. The van der Waals surface area contributed by atoms with Gasteiger partial charge in [-0.1, -0.05) is 16.3 Å². The van der Waals surface area contributed by atoms with Crippen LogP contribution in [-0.2, 0) is 5.75 Å². The van der Waals surface area contributed by atoms with Crippen LogP contribution in [-0.4, -0.2) is 19.8 Å². The average molecular weight is 244 g/mol. The van der Waals surface area contributed by atoms with Crippen molar-refractivity contribution in [3.05, 3.63) is 11.6 Å². The molecule has 0 saturated heterocycles. The summed E-state index contributed by atoms with van der Waals surface area (Å²) < 4.78 is 8.98. The number of nitrogens with one attached hydrogen (secondary N) is 1. The minimum atomic E-state index is 0.517. The molecule has 0 atom stereocenters. The predicted octanol–water partition coefficient (Wildman–Crippen LogP) is 0.807. The number of nitrogens with zero attached hydrogens (tertiary/aromatic N) is 4. The van der Waals surface area contributed by atoms with Gasteiger partial charge in [0.1, 0.15) is 10.7 Å². The van der Waals surface area contributed by atoms with E-state index in [0.717, 1.165) is 10.7 Å². The lowest BCUT2D eigenvalue weighted by atomic mass is 10.5. The molecule has 0 aliphatic heterocycles. The molecule has 2 rings (SSSR count). The number of rotatable bonds is 4. The van der Waals surface area contributed by atoms with Crippen LogP contribution in [0.2, 0.25) is 0 Å². The Balaban J connectivity index is 1.98. The zero-order valence-corrected chi connectivity index (χ0v) is 9.43. The predicted molar refractivity (Wildman–Crippen MR) is 56.3 cm³/mol. The average Bonchev–Trinajstić information content (AvgIpc) is 2.83. The summed E-state index contributed by atoms with van der Waals surface area (Å²) >= 11 is 2.61. The van der Waals surface area contributed by atoms with Crippen LogP contribution < -0.4 is 11.3 Å². The number of nitrogens with two attached hydrogens (primary N) is 1. The summed E-state index contributed by atoms with van der Waals surface area (Å²) in [5, 5.41) is 12.8. The summed E-state index contributed by atoms with van der Waals surface area (Å²) in [6.45, 7) is 1.74. The Morgan fingerprint density at radius 2 is 2.33 bits per heavy atom. The van der Waals surface area contributed by atoms with E-state index in [0.29, 0.717) is 16.9 Å². The van der Waals surface area contributed by atoms with Gasteiger partial charge in [-0.3, -0.25) is 0 Å². The molecule has 0 fully saturated rings. The molecule has 0 saturated carbocycles. The van der Waals surface area contributed by atoms with Crippen LogP contribution in [0, 0.1) is 6.92 Å². The lowest BCUT2D eigenvalue weighted by molar-refractivity contribution is 0.429. The fourth-order valence-electron chi connectivity index (χ4n) is 0.880. The molecule has 2 heterocycles. The smallest absolute Gasteiger partial charge is 0.276 e. The van der Waals surface area contributed by atoms with E-state index in [9.17, 15) is 0 Å². The lowest BCUT2D eigenvalue weighted by Gasteiger charge is -1.96. The molecule has 0 aromatic carbocycles. The van der Waals surface area contributed by atoms with Gasteiger partial charge in [-0.15, -0.1) is 15.3 Å².